The van der Waals surface area contributed by atoms with Crippen LogP contribution in [0.2, 0.25) is 4.34 Å². The molecule has 5 nitrogen and oxygen atoms in total. The third kappa shape index (κ3) is 3.16. The number of hydrogen-bond acceptors (Lipinski definition) is 5. The third-order valence-corrected chi connectivity index (χ3v) is 5.92. The van der Waals surface area contributed by atoms with Crippen molar-refractivity contribution in [1.82, 2.24) is 0 Å². The molecule has 7 heteroatoms. The number of nitro groups is 1. The molecule has 0 radical (unpaired) electrons. The van der Waals surface area contributed by atoms with Gasteiger partial charge in [0.2, 0.25) is 0 Å². The highest BCUT2D eigenvalue weighted by molar-refractivity contribution is 7.16. The van der Waals surface area contributed by atoms with Crippen LogP contribution in [0.15, 0.2) is 29.9 Å². The van der Waals surface area contributed by atoms with Crippen LogP contribution in [0.25, 0.3) is 0 Å². The smallest absolute Gasteiger partial charge is 0.278 e. The van der Waals surface area contributed by atoms with Gasteiger partial charge in [0.1, 0.15) is 10.1 Å². The standard InChI is InChI=1S/C16H18ClNO4S/c17-15-13(22-12-3-1-2-4-12)9-14(23-15)16(18(20)21)7-5-11(10-19)6-8-16/h5-7,9,12,19H,1-4,8,10H2. The Morgan fingerprint density at radius 2 is 2.22 bits per heavy atom. The molecule has 1 saturated carbocycles. The summed E-state index contributed by atoms with van der Waals surface area (Å²) in [6.45, 7) is -0.120. The number of hydrogen-bond donors (Lipinski definition) is 1. The minimum atomic E-state index is -1.33. The Kier molecular flexibility index (Phi) is 4.75. The molecule has 1 fully saturated rings. The SMILES string of the molecule is O=[N+]([O-])C1(c2cc(OC3CCCC3)c(Cl)s2)C=CC(CO)=CC1. The Balaban J connectivity index is 1.88. The lowest BCUT2D eigenvalue weighted by molar-refractivity contribution is -0.562. The van der Waals surface area contributed by atoms with E-state index >= 15 is 0 Å². The van der Waals surface area contributed by atoms with E-state index in [-0.39, 0.29) is 24.1 Å². The third-order valence-electron chi connectivity index (χ3n) is 4.43. The normalized spacial score (nSPS) is 24.7. The van der Waals surface area contributed by atoms with Gasteiger partial charge in [0.25, 0.3) is 5.54 Å². The first-order valence-corrected chi connectivity index (χ1v) is 8.85. The molecule has 1 unspecified atom stereocenters. The second-order valence-electron chi connectivity index (χ2n) is 5.93. The van der Waals surface area contributed by atoms with Crippen LogP contribution in [0.4, 0.5) is 0 Å². The van der Waals surface area contributed by atoms with Gasteiger partial charge in [-0.1, -0.05) is 23.8 Å². The van der Waals surface area contributed by atoms with Crippen LogP contribution in [0, 0.1) is 10.1 Å². The van der Waals surface area contributed by atoms with E-state index in [1.807, 2.05) is 0 Å². The Morgan fingerprint density at radius 1 is 1.48 bits per heavy atom. The Bertz CT molecular complexity index is 663. The van der Waals surface area contributed by atoms with E-state index in [1.54, 1.807) is 24.3 Å². The van der Waals surface area contributed by atoms with Gasteiger partial charge in [-0.2, -0.15) is 0 Å². The minimum Gasteiger partial charge on any atom is -0.488 e. The van der Waals surface area contributed by atoms with Crippen molar-refractivity contribution in [2.75, 3.05) is 6.61 Å². The maximum atomic E-state index is 11.7. The van der Waals surface area contributed by atoms with Crippen molar-refractivity contribution in [2.24, 2.45) is 0 Å². The lowest BCUT2D eigenvalue weighted by Crippen LogP contribution is -2.33. The molecule has 2 aliphatic carbocycles. The lowest BCUT2D eigenvalue weighted by Gasteiger charge is -2.22. The number of halogens is 1. The molecule has 1 N–H and O–H groups in total. The summed E-state index contributed by atoms with van der Waals surface area (Å²) >= 11 is 7.45. The van der Waals surface area contributed by atoms with Gasteiger partial charge in [-0.15, -0.1) is 11.3 Å². The van der Waals surface area contributed by atoms with Crippen molar-refractivity contribution >= 4 is 22.9 Å². The highest BCUT2D eigenvalue weighted by Crippen LogP contribution is 2.45. The van der Waals surface area contributed by atoms with Crippen LogP contribution in [0.1, 0.15) is 37.0 Å². The van der Waals surface area contributed by atoms with Crippen molar-refractivity contribution in [1.29, 1.82) is 0 Å². The van der Waals surface area contributed by atoms with E-state index in [4.69, 9.17) is 21.4 Å². The molecule has 1 aromatic heterocycles. The van der Waals surface area contributed by atoms with Gasteiger partial charge in [-0.3, -0.25) is 10.1 Å². The number of aliphatic hydroxyl groups is 1. The number of nitrogens with zero attached hydrogens (tertiary/aromatic N) is 1. The molecular formula is C16H18ClNO4S. The number of rotatable bonds is 5. The molecule has 0 saturated heterocycles. The largest absolute Gasteiger partial charge is 0.488 e. The van der Waals surface area contributed by atoms with Gasteiger partial charge in [0.15, 0.2) is 0 Å². The van der Waals surface area contributed by atoms with E-state index < -0.39 is 5.54 Å². The van der Waals surface area contributed by atoms with Gasteiger partial charge in [-0.25, -0.2) is 0 Å². The summed E-state index contributed by atoms with van der Waals surface area (Å²) in [5, 5.41) is 20.9. The summed E-state index contributed by atoms with van der Waals surface area (Å²) in [5.74, 6) is 0.546. The van der Waals surface area contributed by atoms with Gasteiger partial charge < -0.3 is 9.84 Å². The predicted molar refractivity (Wildman–Crippen MR) is 89.8 cm³/mol. The fourth-order valence-corrected chi connectivity index (χ4v) is 4.34. The average molecular weight is 356 g/mol. The van der Waals surface area contributed by atoms with E-state index in [0.717, 1.165) is 25.7 Å². The molecule has 1 atom stereocenters. The minimum absolute atomic E-state index is 0.120. The molecule has 124 valence electrons. The van der Waals surface area contributed by atoms with Crippen LogP contribution < -0.4 is 4.74 Å². The monoisotopic (exact) mass is 355 g/mol. The molecule has 0 aromatic carbocycles. The second kappa shape index (κ2) is 6.63. The highest BCUT2D eigenvalue weighted by atomic mass is 35.5. The summed E-state index contributed by atoms with van der Waals surface area (Å²) in [4.78, 5) is 12.0. The van der Waals surface area contributed by atoms with Gasteiger partial charge >= 0.3 is 0 Å². The van der Waals surface area contributed by atoms with Gasteiger partial charge in [0, 0.05) is 17.4 Å². The Hall–Kier alpha value is -1.37. The second-order valence-corrected chi connectivity index (χ2v) is 7.58. The molecule has 0 bridgehead atoms. The van der Waals surface area contributed by atoms with E-state index in [2.05, 4.69) is 0 Å². The topological polar surface area (TPSA) is 72.6 Å². The number of aliphatic hydroxyl groups excluding tert-OH is 1. The van der Waals surface area contributed by atoms with Gasteiger partial charge in [0.05, 0.1) is 17.6 Å². The molecule has 1 heterocycles. The van der Waals surface area contributed by atoms with Crippen molar-refractivity contribution in [3.05, 3.63) is 49.2 Å². The van der Waals surface area contributed by atoms with Crippen molar-refractivity contribution in [2.45, 2.75) is 43.7 Å². The maximum Gasteiger partial charge on any atom is 0.278 e. The summed E-state index contributed by atoms with van der Waals surface area (Å²) in [6, 6.07) is 1.70. The summed E-state index contributed by atoms with van der Waals surface area (Å²) < 4.78 is 6.38. The molecule has 3 rings (SSSR count). The molecule has 1 aromatic rings. The Morgan fingerprint density at radius 3 is 2.78 bits per heavy atom. The first kappa shape index (κ1) is 16.5. The molecule has 0 spiro atoms. The summed E-state index contributed by atoms with van der Waals surface area (Å²) in [5.41, 5.74) is -0.642. The first-order chi connectivity index (χ1) is 11.0. The van der Waals surface area contributed by atoms with E-state index in [0.29, 0.717) is 20.5 Å². The van der Waals surface area contributed by atoms with Crippen LogP contribution in [0.5, 0.6) is 5.75 Å². The summed E-state index contributed by atoms with van der Waals surface area (Å²) in [7, 11) is 0. The van der Waals surface area contributed by atoms with Gasteiger partial charge in [-0.05, 0) is 37.3 Å². The fraction of sp³-hybridized carbons (Fsp3) is 0.500. The first-order valence-electron chi connectivity index (χ1n) is 7.65. The van der Waals surface area contributed by atoms with Crippen LogP contribution in [0.3, 0.4) is 0 Å². The zero-order chi connectivity index (χ0) is 16.4. The highest BCUT2D eigenvalue weighted by Gasteiger charge is 2.45. The zero-order valence-electron chi connectivity index (χ0n) is 12.5. The molecular weight excluding hydrogens is 338 g/mol. The average Bonchev–Trinajstić information content (AvgIpc) is 3.18. The molecule has 23 heavy (non-hydrogen) atoms. The van der Waals surface area contributed by atoms with E-state index in [9.17, 15) is 10.1 Å². The molecule has 0 aliphatic heterocycles. The maximum absolute atomic E-state index is 11.7. The van der Waals surface area contributed by atoms with Crippen LogP contribution in [-0.2, 0) is 5.54 Å². The number of ether oxygens (including phenoxy) is 1. The Labute approximate surface area is 143 Å². The fourth-order valence-electron chi connectivity index (χ4n) is 3.02. The van der Waals surface area contributed by atoms with Crippen LogP contribution >= 0.6 is 22.9 Å². The van der Waals surface area contributed by atoms with Crippen molar-refractivity contribution in [3.8, 4) is 5.75 Å². The van der Waals surface area contributed by atoms with Crippen LogP contribution in [-0.4, -0.2) is 22.7 Å². The molecule has 2 aliphatic rings. The quantitative estimate of drug-likeness (QED) is 0.638. The number of thiophene rings is 1. The lowest BCUT2D eigenvalue weighted by atomic mass is 9.88. The van der Waals surface area contributed by atoms with E-state index in [1.165, 1.54) is 11.3 Å². The summed E-state index contributed by atoms with van der Waals surface area (Å²) in [6.07, 6.45) is 9.52. The predicted octanol–water partition coefficient (Wildman–Crippen LogP) is 4.07. The van der Waals surface area contributed by atoms with Crippen molar-refractivity contribution in [3.63, 3.8) is 0 Å². The zero-order valence-corrected chi connectivity index (χ0v) is 14.1. The molecule has 0 amide bonds. The van der Waals surface area contributed by atoms with Crippen molar-refractivity contribution < 1.29 is 14.8 Å².